The van der Waals surface area contributed by atoms with Gasteiger partial charge in [0.25, 0.3) is 0 Å². The number of carboxylic acid groups (broad SMARTS) is 8. The van der Waals surface area contributed by atoms with Crippen molar-refractivity contribution in [2.45, 2.75) is 75.8 Å². The third-order valence-electron chi connectivity index (χ3n) is 8.58. The summed E-state index contributed by atoms with van der Waals surface area (Å²) in [4.78, 5) is 89.1. The summed E-state index contributed by atoms with van der Waals surface area (Å²) in [5.41, 5.74) is -1.41. The minimum atomic E-state index is -1.41. The predicted octanol–water partition coefficient (Wildman–Crippen LogP) is -0.556. The number of hydrogen-bond donors (Lipinski definition) is 8. The summed E-state index contributed by atoms with van der Waals surface area (Å²) in [6.45, 7) is -5.36. The molecule has 0 aliphatic carbocycles. The first kappa shape index (κ1) is 64.3. The number of carboxylic acids is 8. The van der Waals surface area contributed by atoms with Gasteiger partial charge in [-0.3, -0.25) is 38.4 Å². The molecule has 0 aliphatic heterocycles. The highest BCUT2D eigenvalue weighted by Crippen LogP contribution is 2.23. The topological polar surface area (TPSA) is 409 Å². The van der Waals surface area contributed by atoms with Crippen LogP contribution in [0.1, 0.15) is 51.4 Å². The molecule has 28 heteroatoms. The monoisotopic (exact) mass is 1010 g/mol. The molecule has 0 saturated heterocycles. The van der Waals surface area contributed by atoms with Gasteiger partial charge < -0.3 is 97.7 Å². The average Bonchev–Trinajstić information content (AvgIpc) is 3.25. The Labute approximate surface area is 396 Å². The number of rotatable bonds is 52. The van der Waals surface area contributed by atoms with E-state index in [-0.39, 0.29) is 158 Å². The molecule has 0 bridgehead atoms. The fourth-order valence-corrected chi connectivity index (χ4v) is 5.20. The molecule has 4 unspecified atom stereocenters. The van der Waals surface area contributed by atoms with Crippen molar-refractivity contribution < 1.29 is 136 Å². The lowest BCUT2D eigenvalue weighted by Crippen LogP contribution is -2.45. The van der Waals surface area contributed by atoms with Crippen molar-refractivity contribution in [3.63, 3.8) is 0 Å². The maximum atomic E-state index is 11.2. The first-order chi connectivity index (χ1) is 32.8. The van der Waals surface area contributed by atoms with E-state index in [4.69, 9.17) is 97.7 Å². The SMILES string of the molecule is O=C(O)CCOCC(COCC(COCC(COCCC(=O)O)OCCC(=O)O)(COCC(COCCC(=O)O)OCCC(=O)O)COCC(COCCC(=O)O)OCCC(=O)O)OCCC(=O)O. The van der Waals surface area contributed by atoms with E-state index in [1.807, 2.05) is 0 Å². The van der Waals surface area contributed by atoms with Crippen molar-refractivity contribution in [1.29, 1.82) is 0 Å². The second-order valence-corrected chi connectivity index (χ2v) is 15.0. The highest BCUT2D eigenvalue weighted by Gasteiger charge is 2.35. The Balaban J connectivity index is 6.88. The fraction of sp³-hybridized carbons (Fsp3) is 0.805. The molecular formula is C41H68O28. The predicted molar refractivity (Wildman–Crippen MR) is 226 cm³/mol. The Morgan fingerprint density at radius 1 is 0.261 bits per heavy atom. The van der Waals surface area contributed by atoms with Crippen molar-refractivity contribution in [2.24, 2.45) is 5.41 Å². The standard InChI is InChI=1S/C41H68O28/c42-33(43)1-9-58-17-29(66-13-5-37(50)51)21-62-25-41(26-63-22-30(67-14-6-38(52)53)18-59-10-2-34(44)45,27-64-23-31(68-15-7-39(54)55)19-60-11-3-35(46)47)28-65-24-32(69-16-8-40(56)57)20-61-12-4-36(48)49/h29-32H,1-28H2,(H,42,43)(H,44,45)(H,46,47)(H,48,49)(H,50,51)(H,52,53)(H,54,55)(H,56,57). The molecule has 0 aromatic rings. The number of carbonyl (C=O) groups is 8. The van der Waals surface area contributed by atoms with Crippen LogP contribution < -0.4 is 0 Å². The molecule has 0 fully saturated rings. The molecule has 0 rings (SSSR count). The van der Waals surface area contributed by atoms with Crippen molar-refractivity contribution in [2.75, 3.05) is 132 Å². The van der Waals surface area contributed by atoms with Gasteiger partial charge in [0.05, 0.1) is 189 Å². The van der Waals surface area contributed by atoms with Crippen molar-refractivity contribution in [3.8, 4) is 0 Å². The Hall–Kier alpha value is -4.72. The third-order valence-corrected chi connectivity index (χ3v) is 8.58. The zero-order chi connectivity index (χ0) is 51.7. The van der Waals surface area contributed by atoms with Crippen LogP contribution in [0.4, 0.5) is 0 Å². The number of aliphatic carboxylic acids is 8. The van der Waals surface area contributed by atoms with Gasteiger partial charge in [-0.15, -0.1) is 0 Å². The molecule has 28 nitrogen and oxygen atoms in total. The maximum Gasteiger partial charge on any atom is 0.305 e. The lowest BCUT2D eigenvalue weighted by atomic mass is 9.92. The highest BCUT2D eigenvalue weighted by atomic mass is 16.6. The van der Waals surface area contributed by atoms with Crippen molar-refractivity contribution in [1.82, 2.24) is 0 Å². The summed E-state index contributed by atoms with van der Waals surface area (Å²) in [6, 6.07) is 0. The molecule has 400 valence electrons. The zero-order valence-corrected chi connectivity index (χ0v) is 38.4. The van der Waals surface area contributed by atoms with Crippen molar-refractivity contribution in [3.05, 3.63) is 0 Å². The lowest BCUT2D eigenvalue weighted by Gasteiger charge is -2.35. The van der Waals surface area contributed by atoms with Crippen LogP contribution in [0.5, 0.6) is 0 Å². The van der Waals surface area contributed by atoms with E-state index in [1.54, 1.807) is 0 Å². The normalized spacial score (nSPS) is 14.0. The summed E-state index contributed by atoms with van der Waals surface area (Å²) in [6.07, 6.45) is -6.76. The van der Waals surface area contributed by atoms with Crippen LogP contribution in [0.25, 0.3) is 0 Å². The summed E-state index contributed by atoms with van der Waals surface area (Å²) >= 11 is 0. The van der Waals surface area contributed by atoms with Gasteiger partial charge in [0.15, 0.2) is 0 Å². The van der Waals surface area contributed by atoms with E-state index in [1.165, 1.54) is 0 Å². The summed E-state index contributed by atoms with van der Waals surface area (Å²) in [7, 11) is 0. The molecule has 0 amide bonds. The molecule has 0 radical (unpaired) electrons. The van der Waals surface area contributed by atoms with Gasteiger partial charge in [-0.05, 0) is 0 Å². The molecular weight excluding hydrogens is 940 g/mol. The van der Waals surface area contributed by atoms with Gasteiger partial charge in [0.1, 0.15) is 24.4 Å². The van der Waals surface area contributed by atoms with Gasteiger partial charge >= 0.3 is 47.8 Å². The second kappa shape index (κ2) is 41.1. The summed E-state index contributed by atoms with van der Waals surface area (Å²) in [5, 5.41) is 72.8. The molecule has 0 heterocycles. The molecule has 0 aromatic carbocycles. The number of ether oxygens (including phenoxy) is 12. The van der Waals surface area contributed by atoms with Crippen LogP contribution in [0, 0.1) is 5.41 Å². The van der Waals surface area contributed by atoms with Crippen LogP contribution in [-0.2, 0) is 95.2 Å². The Bertz CT molecular complexity index is 1250. The van der Waals surface area contributed by atoms with Gasteiger partial charge in [-0.25, -0.2) is 0 Å². The van der Waals surface area contributed by atoms with Crippen molar-refractivity contribution >= 4 is 47.8 Å². The van der Waals surface area contributed by atoms with E-state index in [0.717, 1.165) is 0 Å². The highest BCUT2D eigenvalue weighted by molar-refractivity contribution is 5.68. The largest absolute Gasteiger partial charge is 0.481 e. The Kier molecular flexibility index (Phi) is 38.3. The van der Waals surface area contributed by atoms with Gasteiger partial charge in [0, 0.05) is 0 Å². The van der Waals surface area contributed by atoms with Crippen LogP contribution in [0.3, 0.4) is 0 Å². The van der Waals surface area contributed by atoms with Gasteiger partial charge in [-0.1, -0.05) is 0 Å². The zero-order valence-electron chi connectivity index (χ0n) is 38.4. The van der Waals surface area contributed by atoms with E-state index >= 15 is 0 Å². The smallest absolute Gasteiger partial charge is 0.305 e. The lowest BCUT2D eigenvalue weighted by molar-refractivity contribution is -0.157. The molecule has 0 spiro atoms. The quantitative estimate of drug-likeness (QED) is 0.0354. The van der Waals surface area contributed by atoms with Crippen LogP contribution >= 0.6 is 0 Å². The minimum Gasteiger partial charge on any atom is -0.481 e. The molecule has 69 heavy (non-hydrogen) atoms. The number of hydrogen-bond acceptors (Lipinski definition) is 20. The maximum absolute atomic E-state index is 11.2. The molecule has 4 atom stereocenters. The van der Waals surface area contributed by atoms with Gasteiger partial charge in [-0.2, -0.15) is 0 Å². The first-order valence-corrected chi connectivity index (χ1v) is 21.6. The fourth-order valence-electron chi connectivity index (χ4n) is 5.20. The summed E-state index contributed by atoms with van der Waals surface area (Å²) in [5.74, 6) is -9.21. The van der Waals surface area contributed by atoms with Crippen LogP contribution in [0.15, 0.2) is 0 Å². The molecule has 8 N–H and O–H groups in total. The Morgan fingerprint density at radius 2 is 0.420 bits per heavy atom. The third kappa shape index (κ3) is 41.9. The van der Waals surface area contributed by atoms with Crippen LogP contribution in [-0.4, -0.2) is 245 Å². The Morgan fingerprint density at radius 3 is 0.594 bits per heavy atom. The van der Waals surface area contributed by atoms with Crippen LogP contribution in [0.2, 0.25) is 0 Å². The minimum absolute atomic E-state index is 0.214. The van der Waals surface area contributed by atoms with E-state index in [2.05, 4.69) is 0 Å². The first-order valence-electron chi connectivity index (χ1n) is 21.6. The van der Waals surface area contributed by atoms with Gasteiger partial charge in [0.2, 0.25) is 0 Å². The van der Waals surface area contributed by atoms with E-state index in [9.17, 15) is 38.4 Å². The van der Waals surface area contributed by atoms with E-state index < -0.39 is 103 Å². The summed E-state index contributed by atoms with van der Waals surface area (Å²) < 4.78 is 68.8. The second-order valence-electron chi connectivity index (χ2n) is 15.0. The molecule has 0 aromatic heterocycles. The average molecular weight is 1010 g/mol. The molecule has 0 saturated carbocycles. The molecule has 0 aliphatic rings. The van der Waals surface area contributed by atoms with E-state index in [0.29, 0.717) is 0 Å².